The number of carboxylic acids is 1. The van der Waals surface area contributed by atoms with Crippen LogP contribution in [-0.2, 0) is 0 Å². The molecule has 2 atom stereocenters. The second-order valence-corrected chi connectivity index (χ2v) is 8.21. The number of benzene rings is 1. The van der Waals surface area contributed by atoms with Gasteiger partial charge in [0.1, 0.15) is 21.9 Å². The molecule has 0 saturated heterocycles. The van der Waals surface area contributed by atoms with Crippen LogP contribution in [0.3, 0.4) is 0 Å². The normalized spacial score (nSPS) is 21.4. The van der Waals surface area contributed by atoms with Crippen molar-refractivity contribution in [2.24, 2.45) is 10.1 Å². The highest BCUT2D eigenvalue weighted by molar-refractivity contribution is 7.18. The highest BCUT2D eigenvalue weighted by atomic mass is 35.5. The second-order valence-electron chi connectivity index (χ2n) is 6.77. The van der Waals surface area contributed by atoms with Crippen LogP contribution < -0.4 is 4.90 Å². The van der Waals surface area contributed by atoms with E-state index < -0.39 is 5.97 Å². The van der Waals surface area contributed by atoms with Crippen LogP contribution in [0.2, 0.25) is 5.02 Å². The number of carboxylic acid groups (broad SMARTS) is 1. The molecule has 6 nitrogen and oxygen atoms in total. The molecule has 0 fully saturated rings. The number of thiophene rings is 1. The lowest BCUT2D eigenvalue weighted by molar-refractivity contribution is 0.0701. The molecule has 0 saturated carbocycles. The van der Waals surface area contributed by atoms with Crippen molar-refractivity contribution in [2.45, 2.75) is 33.0 Å². The zero-order chi connectivity index (χ0) is 19.5. The Morgan fingerprint density at radius 3 is 2.56 bits per heavy atom. The number of aliphatic imine (C=N–C) groups is 1. The number of amidine groups is 1. The largest absolute Gasteiger partial charge is 0.477 e. The Labute approximate surface area is 166 Å². The summed E-state index contributed by atoms with van der Waals surface area (Å²) in [5.41, 5.74) is 3.31. The van der Waals surface area contributed by atoms with Gasteiger partial charge in [-0.15, -0.1) is 11.3 Å². The maximum Gasteiger partial charge on any atom is 0.346 e. The van der Waals surface area contributed by atoms with Gasteiger partial charge in [0.2, 0.25) is 0 Å². The average Bonchev–Trinajstić information content (AvgIpc) is 3.04. The summed E-state index contributed by atoms with van der Waals surface area (Å²) in [6.45, 7) is 5.85. The van der Waals surface area contributed by atoms with Crippen molar-refractivity contribution in [2.75, 3.05) is 11.9 Å². The number of hydrazone groups is 1. The first-order chi connectivity index (χ1) is 12.8. The standard InChI is InChI=1S/C19H19ClN4O2S/c1-9-14-15(12-5-7-13(20)8-6-12)21-10(2)17-23(4)22-11(3)24(17)18(14)27-16(9)19(25)26/h5-8,10,17H,1-4H3,(H,25,26). The Hall–Kier alpha value is -2.38. The smallest absolute Gasteiger partial charge is 0.346 e. The molecule has 1 aromatic carbocycles. The molecule has 2 aliphatic rings. The van der Waals surface area contributed by atoms with Gasteiger partial charge in [0.15, 0.2) is 0 Å². The Bertz CT molecular complexity index is 996. The summed E-state index contributed by atoms with van der Waals surface area (Å²) in [7, 11) is 1.92. The van der Waals surface area contributed by atoms with Crippen molar-refractivity contribution in [1.29, 1.82) is 0 Å². The lowest BCUT2D eigenvalue weighted by Crippen LogP contribution is -2.46. The number of fused-ring (bicyclic) bond motifs is 3. The topological polar surface area (TPSA) is 68.5 Å². The summed E-state index contributed by atoms with van der Waals surface area (Å²) in [4.78, 5) is 19.3. The van der Waals surface area contributed by atoms with Crippen LogP contribution in [0.15, 0.2) is 34.4 Å². The van der Waals surface area contributed by atoms with Crippen LogP contribution in [0.4, 0.5) is 5.00 Å². The molecule has 2 aliphatic heterocycles. The van der Waals surface area contributed by atoms with Crippen molar-refractivity contribution < 1.29 is 9.90 Å². The Morgan fingerprint density at radius 1 is 1.26 bits per heavy atom. The molecule has 1 aromatic heterocycles. The number of aromatic carboxylic acids is 1. The fourth-order valence-corrected chi connectivity index (χ4v) is 5.15. The molecule has 27 heavy (non-hydrogen) atoms. The summed E-state index contributed by atoms with van der Waals surface area (Å²) in [6, 6.07) is 7.45. The molecule has 8 heteroatoms. The highest BCUT2D eigenvalue weighted by Gasteiger charge is 2.41. The van der Waals surface area contributed by atoms with Crippen LogP contribution in [0, 0.1) is 6.92 Å². The van der Waals surface area contributed by atoms with Crippen LogP contribution in [0.25, 0.3) is 0 Å². The summed E-state index contributed by atoms with van der Waals surface area (Å²) < 4.78 is 0. The van der Waals surface area contributed by atoms with Crippen LogP contribution in [-0.4, -0.2) is 46.9 Å². The van der Waals surface area contributed by atoms with E-state index in [0.717, 1.165) is 33.2 Å². The van der Waals surface area contributed by atoms with Gasteiger partial charge in [-0.25, -0.2) is 4.79 Å². The van der Waals surface area contributed by atoms with E-state index in [1.165, 1.54) is 11.3 Å². The number of likely N-dealkylation sites (N-methyl/N-ethyl adjacent to an activating group) is 1. The van der Waals surface area contributed by atoms with Gasteiger partial charge in [-0.3, -0.25) is 14.9 Å². The van der Waals surface area contributed by atoms with Gasteiger partial charge >= 0.3 is 5.97 Å². The van der Waals surface area contributed by atoms with Crippen LogP contribution >= 0.6 is 22.9 Å². The Balaban J connectivity index is 2.01. The van der Waals surface area contributed by atoms with E-state index in [2.05, 4.69) is 16.9 Å². The van der Waals surface area contributed by atoms with Gasteiger partial charge < -0.3 is 5.11 Å². The molecule has 4 rings (SSSR count). The highest BCUT2D eigenvalue weighted by Crippen LogP contribution is 2.43. The number of hydrogen-bond acceptors (Lipinski definition) is 6. The van der Waals surface area contributed by atoms with Crippen LogP contribution in [0.1, 0.15) is 40.2 Å². The van der Waals surface area contributed by atoms with E-state index in [1.807, 2.05) is 50.2 Å². The predicted molar refractivity (Wildman–Crippen MR) is 110 cm³/mol. The Morgan fingerprint density at radius 2 is 1.93 bits per heavy atom. The lowest BCUT2D eigenvalue weighted by Gasteiger charge is -2.30. The van der Waals surface area contributed by atoms with Gasteiger partial charge in [-0.2, -0.15) is 5.10 Å². The fourth-order valence-electron chi connectivity index (χ4n) is 3.80. The Kier molecular flexibility index (Phi) is 4.24. The average molecular weight is 403 g/mol. The molecule has 2 unspecified atom stereocenters. The van der Waals surface area contributed by atoms with E-state index in [0.29, 0.717) is 9.90 Å². The summed E-state index contributed by atoms with van der Waals surface area (Å²) in [5.74, 6) is -0.0888. The first kappa shape index (κ1) is 18.0. The van der Waals surface area contributed by atoms with Crippen LogP contribution in [0.5, 0.6) is 0 Å². The third-order valence-electron chi connectivity index (χ3n) is 4.96. The van der Waals surface area contributed by atoms with Crippen molar-refractivity contribution in [3.05, 3.63) is 50.9 Å². The molecule has 3 heterocycles. The van der Waals surface area contributed by atoms with Gasteiger partial charge in [-0.05, 0) is 38.5 Å². The van der Waals surface area contributed by atoms with E-state index in [-0.39, 0.29) is 12.2 Å². The van der Waals surface area contributed by atoms with Crippen molar-refractivity contribution >= 4 is 45.5 Å². The number of anilines is 1. The summed E-state index contributed by atoms with van der Waals surface area (Å²) in [5, 5.41) is 17.7. The molecular weight excluding hydrogens is 384 g/mol. The summed E-state index contributed by atoms with van der Waals surface area (Å²) >= 11 is 7.34. The minimum absolute atomic E-state index is 0.0610. The number of rotatable bonds is 2. The van der Waals surface area contributed by atoms with E-state index in [1.54, 1.807) is 0 Å². The fraction of sp³-hybridized carbons (Fsp3) is 0.316. The zero-order valence-corrected chi connectivity index (χ0v) is 17.0. The number of nitrogens with zero attached hydrogens (tertiary/aromatic N) is 4. The first-order valence-electron chi connectivity index (χ1n) is 8.57. The summed E-state index contributed by atoms with van der Waals surface area (Å²) in [6.07, 6.45) is -0.0896. The van der Waals surface area contributed by atoms with E-state index in [9.17, 15) is 9.90 Å². The van der Waals surface area contributed by atoms with Gasteiger partial charge in [-0.1, -0.05) is 23.7 Å². The van der Waals surface area contributed by atoms with Gasteiger partial charge in [0.05, 0.1) is 11.8 Å². The SMILES string of the molecule is CC1=NN(C)C2C(C)N=C(c3ccc(Cl)cc3)c3c(sc(C(=O)O)c3C)N12. The van der Waals surface area contributed by atoms with Crippen molar-refractivity contribution in [1.82, 2.24) is 5.01 Å². The van der Waals surface area contributed by atoms with Crippen molar-refractivity contribution in [3.63, 3.8) is 0 Å². The third-order valence-corrected chi connectivity index (χ3v) is 6.49. The molecule has 0 amide bonds. The maximum atomic E-state index is 11.8. The van der Waals surface area contributed by atoms with Gasteiger partial charge in [0.25, 0.3) is 0 Å². The molecule has 140 valence electrons. The monoisotopic (exact) mass is 402 g/mol. The number of hydrogen-bond donors (Lipinski definition) is 1. The minimum atomic E-state index is -0.923. The molecule has 0 radical (unpaired) electrons. The predicted octanol–water partition coefficient (Wildman–Crippen LogP) is 4.06. The molecule has 0 aliphatic carbocycles. The lowest BCUT2D eigenvalue weighted by atomic mass is 9.99. The molecular formula is C19H19ClN4O2S. The van der Waals surface area contributed by atoms with Gasteiger partial charge in [0, 0.05) is 23.2 Å². The second kappa shape index (κ2) is 6.35. The maximum absolute atomic E-state index is 11.8. The number of carbonyl (C=O) groups is 1. The quantitative estimate of drug-likeness (QED) is 0.822. The molecule has 0 spiro atoms. The molecule has 0 bridgehead atoms. The zero-order valence-electron chi connectivity index (χ0n) is 15.4. The third kappa shape index (κ3) is 2.73. The van der Waals surface area contributed by atoms with E-state index in [4.69, 9.17) is 16.6 Å². The molecule has 1 N–H and O–H groups in total. The van der Waals surface area contributed by atoms with E-state index >= 15 is 0 Å². The molecule has 2 aromatic rings. The minimum Gasteiger partial charge on any atom is -0.477 e. The first-order valence-corrected chi connectivity index (χ1v) is 9.77. The van der Waals surface area contributed by atoms with Crippen molar-refractivity contribution in [3.8, 4) is 0 Å². The number of halogens is 1.